The highest BCUT2D eigenvalue weighted by Crippen LogP contribution is 2.32. The summed E-state index contributed by atoms with van der Waals surface area (Å²) in [6.45, 7) is 0.188. The van der Waals surface area contributed by atoms with Gasteiger partial charge in [-0.25, -0.2) is 4.79 Å². The predicted molar refractivity (Wildman–Crippen MR) is 92.4 cm³/mol. The maximum Gasteiger partial charge on any atom is 0.337 e. The molecule has 2 aromatic carbocycles. The highest BCUT2D eigenvalue weighted by atomic mass is 16.5. The van der Waals surface area contributed by atoms with E-state index in [2.05, 4.69) is 4.98 Å². The van der Waals surface area contributed by atoms with Crippen molar-refractivity contribution in [1.29, 1.82) is 0 Å². The molecule has 0 bridgehead atoms. The van der Waals surface area contributed by atoms with Crippen LogP contribution in [0.2, 0.25) is 0 Å². The second-order valence-corrected chi connectivity index (χ2v) is 5.74. The van der Waals surface area contributed by atoms with Crippen molar-refractivity contribution in [1.82, 2.24) is 9.55 Å². The highest BCUT2D eigenvalue weighted by molar-refractivity contribution is 5.95. The Morgan fingerprint density at radius 1 is 1.20 bits per heavy atom. The number of methoxy groups -OCH3 is 1. The average Bonchev–Trinajstić information content (AvgIpc) is 2.97. The number of nitrogens with zero attached hydrogens (tertiary/aromatic N) is 2. The molecule has 0 unspecified atom stereocenters. The number of allylic oxidation sites excluding steroid dienone is 1. The fourth-order valence-corrected chi connectivity index (χ4v) is 3.12. The second kappa shape index (κ2) is 5.59. The van der Waals surface area contributed by atoms with Gasteiger partial charge >= 0.3 is 5.97 Å². The van der Waals surface area contributed by atoms with Crippen molar-refractivity contribution in [3.8, 4) is 0 Å². The van der Waals surface area contributed by atoms with Crippen LogP contribution in [0, 0.1) is 0 Å². The van der Waals surface area contributed by atoms with Crippen LogP contribution in [0.4, 0.5) is 0 Å². The molecule has 0 aliphatic carbocycles. The zero-order valence-electron chi connectivity index (χ0n) is 13.4. The topological polar surface area (TPSA) is 81.4 Å². The van der Waals surface area contributed by atoms with E-state index in [1.165, 1.54) is 13.2 Å². The molecule has 4 rings (SSSR count). The Kier molecular flexibility index (Phi) is 3.39. The predicted octanol–water partition coefficient (Wildman–Crippen LogP) is 2.51. The van der Waals surface area contributed by atoms with Crippen LogP contribution in [0.25, 0.3) is 16.5 Å². The van der Waals surface area contributed by atoms with Gasteiger partial charge in [0.1, 0.15) is 11.6 Å². The summed E-state index contributed by atoms with van der Waals surface area (Å²) in [5, 5.41) is 10.9. The molecular formula is C19H14N2O4. The van der Waals surface area contributed by atoms with Crippen molar-refractivity contribution >= 4 is 22.4 Å². The molecule has 124 valence electrons. The van der Waals surface area contributed by atoms with Gasteiger partial charge in [0.2, 0.25) is 0 Å². The molecule has 25 heavy (non-hydrogen) atoms. The van der Waals surface area contributed by atoms with E-state index in [-0.39, 0.29) is 12.3 Å². The zero-order chi connectivity index (χ0) is 17.6. The first-order valence-electron chi connectivity index (χ1n) is 7.71. The first kappa shape index (κ1) is 15.1. The number of aliphatic hydroxyl groups excluding tert-OH is 1. The van der Waals surface area contributed by atoms with Crippen molar-refractivity contribution in [3.63, 3.8) is 0 Å². The van der Waals surface area contributed by atoms with Crippen LogP contribution in [-0.4, -0.2) is 27.7 Å². The van der Waals surface area contributed by atoms with E-state index in [0.717, 1.165) is 5.56 Å². The van der Waals surface area contributed by atoms with Crippen LogP contribution >= 0.6 is 0 Å². The van der Waals surface area contributed by atoms with Gasteiger partial charge in [0, 0.05) is 0 Å². The fraction of sp³-hybridized carbons (Fsp3) is 0.105. The molecule has 6 nitrogen and oxygen atoms in total. The lowest BCUT2D eigenvalue weighted by Crippen LogP contribution is -2.16. The summed E-state index contributed by atoms with van der Waals surface area (Å²) in [7, 11) is 1.30. The Morgan fingerprint density at radius 3 is 2.68 bits per heavy atom. The Bertz CT molecular complexity index is 1100. The number of carbonyl (C=O) groups is 1. The molecular weight excluding hydrogens is 320 g/mol. The standard InChI is InChI=1S/C19H14N2O4/c1-25-19(24)12-7-8-13-14(9-12)21-10-15(22)16(17(21)20-18(13)23)11-5-3-2-4-6-11/h2-9,22H,10H2,1H3. The third-order valence-electron chi connectivity index (χ3n) is 4.29. The molecule has 3 aromatic rings. The molecule has 0 fully saturated rings. The normalized spacial score (nSPS) is 13.2. The van der Waals surface area contributed by atoms with Crippen LogP contribution in [-0.2, 0) is 11.3 Å². The number of aliphatic hydroxyl groups is 1. The van der Waals surface area contributed by atoms with Crippen LogP contribution in [0.1, 0.15) is 21.7 Å². The van der Waals surface area contributed by atoms with Gasteiger partial charge in [0.05, 0.1) is 35.7 Å². The molecule has 0 spiro atoms. The van der Waals surface area contributed by atoms with Gasteiger partial charge in [-0.15, -0.1) is 0 Å². The fourth-order valence-electron chi connectivity index (χ4n) is 3.12. The van der Waals surface area contributed by atoms with Crippen LogP contribution in [0.5, 0.6) is 0 Å². The summed E-state index contributed by atoms with van der Waals surface area (Å²) in [5.41, 5.74) is 1.78. The van der Waals surface area contributed by atoms with Crippen molar-refractivity contribution in [2.75, 3.05) is 7.11 Å². The molecule has 1 aliphatic rings. The largest absolute Gasteiger partial charge is 0.510 e. The molecule has 1 aliphatic heterocycles. The van der Waals surface area contributed by atoms with Gasteiger partial charge in [0.15, 0.2) is 0 Å². The SMILES string of the molecule is COC(=O)c1ccc2c(=O)nc3n(c2c1)CC(O)=C3c1ccccc1. The second-order valence-electron chi connectivity index (χ2n) is 5.74. The van der Waals surface area contributed by atoms with E-state index in [9.17, 15) is 14.7 Å². The van der Waals surface area contributed by atoms with Gasteiger partial charge in [-0.3, -0.25) is 4.79 Å². The summed E-state index contributed by atoms with van der Waals surface area (Å²) < 4.78 is 6.48. The number of aromatic nitrogens is 2. The number of hydrogen-bond acceptors (Lipinski definition) is 5. The highest BCUT2D eigenvalue weighted by Gasteiger charge is 2.26. The minimum absolute atomic E-state index is 0.133. The molecule has 0 amide bonds. The van der Waals surface area contributed by atoms with E-state index in [4.69, 9.17) is 4.74 Å². The lowest BCUT2D eigenvalue weighted by Gasteiger charge is -2.10. The smallest absolute Gasteiger partial charge is 0.337 e. The summed E-state index contributed by atoms with van der Waals surface area (Å²) >= 11 is 0. The summed E-state index contributed by atoms with van der Waals surface area (Å²) in [6, 6.07) is 14.0. The number of hydrogen-bond donors (Lipinski definition) is 1. The maximum absolute atomic E-state index is 12.4. The zero-order valence-corrected chi connectivity index (χ0v) is 13.4. The molecule has 1 aromatic heterocycles. The number of carbonyl (C=O) groups excluding carboxylic acids is 1. The maximum atomic E-state index is 12.4. The molecule has 6 heteroatoms. The number of fused-ring (bicyclic) bond motifs is 3. The Morgan fingerprint density at radius 2 is 1.96 bits per heavy atom. The number of rotatable bonds is 2. The summed E-state index contributed by atoms with van der Waals surface area (Å²) in [5.74, 6) is 0.0382. The van der Waals surface area contributed by atoms with Gasteiger partial charge in [-0.05, 0) is 23.8 Å². The first-order valence-corrected chi connectivity index (χ1v) is 7.71. The number of esters is 1. The van der Waals surface area contributed by atoms with Gasteiger partial charge in [-0.2, -0.15) is 4.98 Å². The number of benzene rings is 2. The van der Waals surface area contributed by atoms with E-state index in [0.29, 0.717) is 27.9 Å². The lowest BCUT2D eigenvalue weighted by atomic mass is 10.1. The quantitative estimate of drug-likeness (QED) is 0.728. The minimum Gasteiger partial charge on any atom is -0.510 e. The van der Waals surface area contributed by atoms with Crippen LogP contribution in [0.3, 0.4) is 0 Å². The third kappa shape index (κ3) is 2.30. The monoisotopic (exact) mass is 334 g/mol. The van der Waals surface area contributed by atoms with Gasteiger partial charge in [0.25, 0.3) is 5.56 Å². The van der Waals surface area contributed by atoms with Crippen molar-refractivity contribution < 1.29 is 14.6 Å². The van der Waals surface area contributed by atoms with Crippen LogP contribution in [0.15, 0.2) is 59.1 Å². The number of ether oxygens (including phenoxy) is 1. The molecule has 1 N–H and O–H groups in total. The molecule has 0 atom stereocenters. The molecule has 0 saturated carbocycles. The minimum atomic E-state index is -0.487. The molecule has 0 saturated heterocycles. The van der Waals surface area contributed by atoms with E-state index in [1.54, 1.807) is 16.7 Å². The average molecular weight is 334 g/mol. The lowest BCUT2D eigenvalue weighted by molar-refractivity contribution is 0.0601. The first-order chi connectivity index (χ1) is 12.1. The van der Waals surface area contributed by atoms with Crippen LogP contribution < -0.4 is 5.56 Å². The third-order valence-corrected chi connectivity index (χ3v) is 4.29. The Balaban J connectivity index is 1.99. The Labute approximate surface area is 142 Å². The van der Waals surface area contributed by atoms with E-state index < -0.39 is 11.5 Å². The molecule has 2 heterocycles. The van der Waals surface area contributed by atoms with Gasteiger partial charge in [-0.1, -0.05) is 30.3 Å². The molecule has 0 radical (unpaired) electrons. The summed E-state index contributed by atoms with van der Waals surface area (Å²) in [6.07, 6.45) is 0. The van der Waals surface area contributed by atoms with E-state index >= 15 is 0 Å². The Hall–Kier alpha value is -3.41. The van der Waals surface area contributed by atoms with Crippen molar-refractivity contribution in [3.05, 3.63) is 81.6 Å². The van der Waals surface area contributed by atoms with Crippen molar-refractivity contribution in [2.45, 2.75) is 6.54 Å². The van der Waals surface area contributed by atoms with Gasteiger partial charge < -0.3 is 14.4 Å². The van der Waals surface area contributed by atoms with Crippen molar-refractivity contribution in [2.24, 2.45) is 0 Å². The summed E-state index contributed by atoms with van der Waals surface area (Å²) in [4.78, 5) is 28.4. The van der Waals surface area contributed by atoms with E-state index in [1.807, 2.05) is 30.3 Å².